The Morgan fingerprint density at radius 2 is 2.04 bits per heavy atom. The Hall–Kier alpha value is -3.01. The number of nitrogens with zero attached hydrogens (tertiary/aromatic N) is 2. The van der Waals surface area contributed by atoms with E-state index in [0.29, 0.717) is 16.9 Å². The zero-order chi connectivity index (χ0) is 16.2. The van der Waals surface area contributed by atoms with E-state index in [1.54, 1.807) is 12.4 Å². The van der Waals surface area contributed by atoms with Gasteiger partial charge in [-0.2, -0.15) is 0 Å². The molecule has 0 radical (unpaired) electrons. The Morgan fingerprint density at radius 3 is 2.83 bits per heavy atom. The summed E-state index contributed by atoms with van der Waals surface area (Å²) in [4.78, 5) is 20.9. The van der Waals surface area contributed by atoms with Gasteiger partial charge in [0, 0.05) is 17.1 Å². The number of anilines is 1. The monoisotopic (exact) mass is 303 g/mol. The van der Waals surface area contributed by atoms with E-state index in [1.807, 2.05) is 62.4 Å². The first kappa shape index (κ1) is 14.9. The molecule has 4 nitrogen and oxygen atoms in total. The standard InChI is InChI=1S/C19H17N3O/c1-3-5-14-7-8-17(13(2)10-14)19(23)22-16-11-15-6-4-9-20-18(15)21-12-16/h3-12H,1-2H3,(H,22,23)/b5-3+. The third kappa shape index (κ3) is 3.26. The van der Waals surface area contributed by atoms with Crippen LogP contribution in [0.3, 0.4) is 0 Å². The Morgan fingerprint density at radius 1 is 1.17 bits per heavy atom. The maximum atomic E-state index is 12.5. The van der Waals surface area contributed by atoms with Crippen molar-refractivity contribution in [3.63, 3.8) is 0 Å². The zero-order valence-corrected chi connectivity index (χ0v) is 13.1. The highest BCUT2D eigenvalue weighted by Crippen LogP contribution is 2.17. The number of pyridine rings is 2. The second-order valence-electron chi connectivity index (χ2n) is 5.30. The smallest absolute Gasteiger partial charge is 0.255 e. The largest absolute Gasteiger partial charge is 0.321 e. The number of carbonyl (C=O) groups excluding carboxylic acids is 1. The highest BCUT2D eigenvalue weighted by atomic mass is 16.1. The van der Waals surface area contributed by atoms with Crippen LogP contribution in [-0.4, -0.2) is 15.9 Å². The molecule has 1 N–H and O–H groups in total. The molecule has 0 aliphatic rings. The molecule has 0 saturated heterocycles. The molecule has 0 spiro atoms. The number of aromatic nitrogens is 2. The van der Waals surface area contributed by atoms with Gasteiger partial charge < -0.3 is 5.32 Å². The van der Waals surface area contributed by atoms with Gasteiger partial charge in [0.15, 0.2) is 5.65 Å². The van der Waals surface area contributed by atoms with E-state index in [9.17, 15) is 4.79 Å². The first-order chi connectivity index (χ1) is 11.2. The van der Waals surface area contributed by atoms with Crippen molar-refractivity contribution in [3.8, 4) is 0 Å². The van der Waals surface area contributed by atoms with Crippen LogP contribution in [0.5, 0.6) is 0 Å². The normalized spacial score (nSPS) is 11.0. The van der Waals surface area contributed by atoms with Crippen LogP contribution in [0.1, 0.15) is 28.4 Å². The molecule has 1 aromatic carbocycles. The second kappa shape index (κ2) is 6.40. The molecule has 2 aromatic heterocycles. The predicted molar refractivity (Wildman–Crippen MR) is 93.4 cm³/mol. The van der Waals surface area contributed by atoms with Gasteiger partial charge in [0.05, 0.1) is 11.9 Å². The molecular formula is C19H17N3O. The van der Waals surface area contributed by atoms with E-state index >= 15 is 0 Å². The van der Waals surface area contributed by atoms with E-state index < -0.39 is 0 Å². The zero-order valence-electron chi connectivity index (χ0n) is 13.1. The van der Waals surface area contributed by atoms with Crippen molar-refractivity contribution in [1.82, 2.24) is 9.97 Å². The summed E-state index contributed by atoms with van der Waals surface area (Å²) < 4.78 is 0. The molecule has 114 valence electrons. The fraction of sp³-hybridized carbons (Fsp3) is 0.105. The lowest BCUT2D eigenvalue weighted by Crippen LogP contribution is -2.13. The topological polar surface area (TPSA) is 54.9 Å². The van der Waals surface area contributed by atoms with Gasteiger partial charge in [0.2, 0.25) is 0 Å². The number of rotatable bonds is 3. The third-order valence-corrected chi connectivity index (χ3v) is 3.57. The first-order valence-corrected chi connectivity index (χ1v) is 7.43. The highest BCUT2D eigenvalue weighted by molar-refractivity contribution is 6.05. The van der Waals surface area contributed by atoms with E-state index in [4.69, 9.17) is 0 Å². The van der Waals surface area contributed by atoms with Crippen LogP contribution in [0, 0.1) is 6.92 Å². The van der Waals surface area contributed by atoms with Crippen LogP contribution < -0.4 is 5.32 Å². The van der Waals surface area contributed by atoms with E-state index in [1.165, 1.54) is 0 Å². The summed E-state index contributed by atoms with van der Waals surface area (Å²) in [6.07, 6.45) is 7.30. The van der Waals surface area contributed by atoms with Crippen molar-refractivity contribution < 1.29 is 4.79 Å². The SMILES string of the molecule is C/C=C/c1ccc(C(=O)Nc2cnc3ncccc3c2)c(C)c1. The van der Waals surface area contributed by atoms with Crippen molar-refractivity contribution in [3.05, 3.63) is 71.6 Å². The molecule has 1 amide bonds. The Labute approximate surface area is 134 Å². The quantitative estimate of drug-likeness (QED) is 0.788. The molecule has 23 heavy (non-hydrogen) atoms. The molecule has 3 aromatic rings. The van der Waals surface area contributed by atoms with Gasteiger partial charge in [-0.3, -0.25) is 4.79 Å². The van der Waals surface area contributed by atoms with Crippen LogP contribution in [0.25, 0.3) is 17.1 Å². The molecule has 2 heterocycles. The fourth-order valence-electron chi connectivity index (χ4n) is 2.47. The van der Waals surface area contributed by atoms with E-state index in [0.717, 1.165) is 16.5 Å². The maximum absolute atomic E-state index is 12.5. The van der Waals surface area contributed by atoms with Gasteiger partial charge in [-0.15, -0.1) is 0 Å². The van der Waals surface area contributed by atoms with Gasteiger partial charge in [-0.05, 0) is 49.2 Å². The number of allylic oxidation sites excluding steroid dienone is 1. The maximum Gasteiger partial charge on any atom is 0.255 e. The lowest BCUT2D eigenvalue weighted by Gasteiger charge is -2.09. The van der Waals surface area contributed by atoms with Crippen molar-refractivity contribution in [1.29, 1.82) is 0 Å². The Balaban J connectivity index is 1.85. The first-order valence-electron chi connectivity index (χ1n) is 7.43. The molecule has 0 atom stereocenters. The summed E-state index contributed by atoms with van der Waals surface area (Å²) in [5.74, 6) is -0.139. The van der Waals surface area contributed by atoms with Crippen LogP contribution in [-0.2, 0) is 0 Å². The van der Waals surface area contributed by atoms with Gasteiger partial charge >= 0.3 is 0 Å². The number of aryl methyl sites for hydroxylation is 1. The number of hydrogen-bond donors (Lipinski definition) is 1. The van der Waals surface area contributed by atoms with E-state index in [2.05, 4.69) is 15.3 Å². The molecule has 0 aliphatic heterocycles. The summed E-state index contributed by atoms with van der Waals surface area (Å²) in [6, 6.07) is 11.4. The van der Waals surface area contributed by atoms with Gasteiger partial charge in [0.25, 0.3) is 5.91 Å². The number of nitrogens with one attached hydrogen (secondary N) is 1. The molecule has 0 aliphatic carbocycles. The number of fused-ring (bicyclic) bond motifs is 1. The minimum atomic E-state index is -0.139. The number of hydrogen-bond acceptors (Lipinski definition) is 3. The number of amides is 1. The molecule has 0 saturated carbocycles. The van der Waals surface area contributed by atoms with Crippen molar-refractivity contribution in [2.45, 2.75) is 13.8 Å². The van der Waals surface area contributed by atoms with Crippen LogP contribution in [0.15, 0.2) is 54.9 Å². The molecule has 0 unspecified atom stereocenters. The van der Waals surface area contributed by atoms with Gasteiger partial charge in [0.1, 0.15) is 0 Å². The summed E-state index contributed by atoms with van der Waals surface area (Å²) in [5, 5.41) is 3.79. The summed E-state index contributed by atoms with van der Waals surface area (Å²) in [6.45, 7) is 3.90. The van der Waals surface area contributed by atoms with Crippen molar-refractivity contribution >= 4 is 28.7 Å². The van der Waals surface area contributed by atoms with Crippen molar-refractivity contribution in [2.75, 3.05) is 5.32 Å². The summed E-state index contributed by atoms with van der Waals surface area (Å²) in [5.41, 5.74) is 4.00. The molecule has 0 bridgehead atoms. The molecular weight excluding hydrogens is 286 g/mol. The van der Waals surface area contributed by atoms with Gasteiger partial charge in [-0.25, -0.2) is 9.97 Å². The fourth-order valence-corrected chi connectivity index (χ4v) is 2.47. The average molecular weight is 303 g/mol. The Kier molecular flexibility index (Phi) is 4.15. The predicted octanol–water partition coefficient (Wildman–Crippen LogP) is 4.22. The minimum Gasteiger partial charge on any atom is -0.321 e. The van der Waals surface area contributed by atoms with Gasteiger partial charge in [-0.1, -0.05) is 24.3 Å². The number of carbonyl (C=O) groups is 1. The van der Waals surface area contributed by atoms with Crippen LogP contribution in [0.4, 0.5) is 5.69 Å². The molecule has 4 heteroatoms. The highest BCUT2D eigenvalue weighted by Gasteiger charge is 2.10. The lowest BCUT2D eigenvalue weighted by atomic mass is 10.0. The van der Waals surface area contributed by atoms with Crippen LogP contribution in [0.2, 0.25) is 0 Å². The van der Waals surface area contributed by atoms with E-state index in [-0.39, 0.29) is 5.91 Å². The second-order valence-corrected chi connectivity index (χ2v) is 5.30. The number of benzene rings is 1. The summed E-state index contributed by atoms with van der Waals surface area (Å²) in [7, 11) is 0. The van der Waals surface area contributed by atoms with Crippen LogP contribution >= 0.6 is 0 Å². The minimum absolute atomic E-state index is 0.139. The Bertz CT molecular complexity index is 900. The molecule has 3 rings (SSSR count). The van der Waals surface area contributed by atoms with Crippen molar-refractivity contribution in [2.24, 2.45) is 0 Å². The summed E-state index contributed by atoms with van der Waals surface area (Å²) >= 11 is 0. The molecule has 0 fully saturated rings. The lowest BCUT2D eigenvalue weighted by molar-refractivity contribution is 0.102. The average Bonchev–Trinajstić information content (AvgIpc) is 2.55. The third-order valence-electron chi connectivity index (χ3n) is 3.57.